The molecule has 2 fully saturated rings. The molecule has 2 aliphatic heterocycles. The average Bonchev–Trinajstić information content (AvgIpc) is 3.52. The number of carbonyl (C=O) groups excluding carboxylic acids is 1. The number of benzene rings is 2. The van der Waals surface area contributed by atoms with Gasteiger partial charge in [-0.2, -0.15) is 15.2 Å². The minimum absolute atomic E-state index is 0.139. The third-order valence-electron chi connectivity index (χ3n) is 7.37. The van der Waals surface area contributed by atoms with Crippen molar-refractivity contribution in [2.45, 2.75) is 19.8 Å². The van der Waals surface area contributed by atoms with Crippen LogP contribution in [0.3, 0.4) is 0 Å². The molecule has 4 heterocycles. The Hall–Kier alpha value is -4.04. The molecule has 0 saturated carbocycles. The number of aromatic nitrogens is 3. The van der Waals surface area contributed by atoms with E-state index >= 15 is 0 Å². The molecule has 2 aromatic carbocycles. The van der Waals surface area contributed by atoms with E-state index in [0.29, 0.717) is 58.6 Å². The number of piperazine rings is 1. The lowest BCUT2D eigenvalue weighted by Crippen LogP contribution is -2.49. The maximum absolute atomic E-state index is 13.3. The molecule has 0 N–H and O–H groups in total. The Kier molecular flexibility index (Phi) is 11.3. The van der Waals surface area contributed by atoms with E-state index in [0.717, 1.165) is 16.3 Å². The number of likely N-dealkylation sites (tertiary alicyclic amines) is 1. The number of ether oxygens (including phenoxy) is 1. The molecule has 230 valence electrons. The van der Waals surface area contributed by atoms with Gasteiger partial charge in [0.05, 0.1) is 18.2 Å². The number of hydrogen-bond acceptors (Lipinski definition) is 8. The van der Waals surface area contributed by atoms with Crippen molar-refractivity contribution in [3.63, 3.8) is 0 Å². The lowest BCUT2D eigenvalue weighted by Gasteiger charge is -2.35. The smallest absolute Gasteiger partial charge is 0.318 e. The molecule has 2 aliphatic rings. The van der Waals surface area contributed by atoms with E-state index in [9.17, 15) is 9.18 Å². The van der Waals surface area contributed by atoms with Gasteiger partial charge in [-0.15, -0.1) is 0 Å². The van der Waals surface area contributed by atoms with Crippen molar-refractivity contribution in [2.75, 3.05) is 58.3 Å². The van der Waals surface area contributed by atoms with Crippen LogP contribution in [0.1, 0.15) is 19.8 Å². The Morgan fingerprint density at radius 3 is 2.20 bits per heavy atom. The fourth-order valence-corrected chi connectivity index (χ4v) is 5.76. The molecule has 2 aromatic heterocycles. The molecule has 9 nitrogen and oxygen atoms in total. The van der Waals surface area contributed by atoms with Gasteiger partial charge in [0.25, 0.3) is 5.91 Å². The third-order valence-corrected chi connectivity index (χ3v) is 8.06. The topological polar surface area (TPSA) is 98.5 Å². The number of anilines is 1. The van der Waals surface area contributed by atoms with Crippen LogP contribution in [0.2, 0.25) is 10.0 Å². The molecule has 0 bridgehead atoms. The van der Waals surface area contributed by atoms with E-state index in [2.05, 4.69) is 33.5 Å². The highest BCUT2D eigenvalue weighted by atomic mass is 35.5. The van der Waals surface area contributed by atoms with Crippen LogP contribution >= 0.6 is 23.2 Å². The van der Waals surface area contributed by atoms with Gasteiger partial charge >= 0.3 is 6.01 Å². The number of nitriles is 1. The summed E-state index contributed by atoms with van der Waals surface area (Å²) < 4.78 is 18.6. The molecular formula is C32H34Cl2FN7O2. The van der Waals surface area contributed by atoms with Gasteiger partial charge in [0.15, 0.2) is 11.6 Å². The Labute approximate surface area is 266 Å². The van der Waals surface area contributed by atoms with Gasteiger partial charge in [0.2, 0.25) is 0 Å². The van der Waals surface area contributed by atoms with Crippen LogP contribution in [0.5, 0.6) is 6.01 Å². The van der Waals surface area contributed by atoms with Gasteiger partial charge in [0, 0.05) is 55.3 Å². The monoisotopic (exact) mass is 637 g/mol. The highest BCUT2D eigenvalue weighted by molar-refractivity contribution is 6.40. The molecule has 4 aromatic rings. The van der Waals surface area contributed by atoms with Crippen molar-refractivity contribution in [1.82, 2.24) is 24.8 Å². The molecule has 0 unspecified atom stereocenters. The number of halogens is 3. The number of amides is 1. The predicted octanol–water partition coefficient (Wildman–Crippen LogP) is 6.53. The Bertz CT molecular complexity index is 1690. The molecule has 0 spiro atoms. The minimum Gasteiger partial charge on any atom is -0.467 e. The summed E-state index contributed by atoms with van der Waals surface area (Å²) in [6.07, 6.45) is 4.52. The fourth-order valence-electron chi connectivity index (χ4n) is 5.20. The first-order valence-corrected chi connectivity index (χ1v) is 14.9. The fraction of sp³-hybridized carbons (Fsp3) is 0.344. The zero-order valence-corrected chi connectivity index (χ0v) is 26.5. The second-order valence-corrected chi connectivity index (χ2v) is 11.1. The normalized spacial score (nSPS) is 14.8. The zero-order chi connectivity index (χ0) is 31.8. The van der Waals surface area contributed by atoms with Crippen LogP contribution in [0.4, 0.5) is 10.2 Å². The van der Waals surface area contributed by atoms with Crippen molar-refractivity contribution in [1.29, 1.82) is 5.26 Å². The van der Waals surface area contributed by atoms with Crippen LogP contribution in [0, 0.1) is 11.3 Å². The molecule has 44 heavy (non-hydrogen) atoms. The molecule has 0 aliphatic carbocycles. The maximum atomic E-state index is 13.3. The first kappa shape index (κ1) is 32.9. The van der Waals surface area contributed by atoms with Gasteiger partial charge < -0.3 is 19.4 Å². The van der Waals surface area contributed by atoms with Gasteiger partial charge in [-0.05, 0) is 50.0 Å². The average molecular weight is 639 g/mol. The van der Waals surface area contributed by atoms with E-state index in [1.54, 1.807) is 12.3 Å². The number of pyridine rings is 1. The highest BCUT2D eigenvalue weighted by Crippen LogP contribution is 2.40. The van der Waals surface area contributed by atoms with Crippen LogP contribution in [-0.4, -0.2) is 84.1 Å². The lowest BCUT2D eigenvalue weighted by molar-refractivity contribution is -0.128. The zero-order valence-electron chi connectivity index (χ0n) is 25.0. The number of methoxy groups -OCH3 is 1. The summed E-state index contributed by atoms with van der Waals surface area (Å²) in [6.45, 7) is 8.65. The molecular weight excluding hydrogens is 604 g/mol. The quantitative estimate of drug-likeness (QED) is 0.233. The van der Waals surface area contributed by atoms with Crippen LogP contribution in [-0.2, 0) is 4.79 Å². The molecule has 0 atom stereocenters. The predicted molar refractivity (Wildman–Crippen MR) is 174 cm³/mol. The molecule has 1 amide bonds. The molecule has 6 rings (SSSR count). The van der Waals surface area contributed by atoms with Crippen molar-refractivity contribution in [2.24, 2.45) is 0 Å². The first-order chi connectivity index (χ1) is 21.2. The Morgan fingerprint density at radius 1 is 1.00 bits per heavy atom. The van der Waals surface area contributed by atoms with Crippen molar-refractivity contribution < 1.29 is 13.9 Å². The lowest BCUT2D eigenvalue weighted by atomic mass is 9.99. The standard InChI is InChI=1S/C25H20Cl2FN5O2.C5H11N.C2H3N/c1-14(28)24(34)33-11-9-32(10-12-33)23-22-21(30-25(31-23)35-2)20(27)17(13-29-22)16-7-3-5-15-6-4-8-18(26)19(15)16;1-6-4-2-3-5-6;1-2-3/h3-8,13H,1,9-12H2,2H3;2-5H2,1H3;1H3. The molecule has 2 saturated heterocycles. The Balaban J connectivity index is 0.000000427. The van der Waals surface area contributed by atoms with Gasteiger partial charge in [-0.25, -0.2) is 9.37 Å². The number of carbonyl (C=O) groups is 1. The van der Waals surface area contributed by atoms with Crippen molar-refractivity contribution in [3.05, 3.63) is 65.0 Å². The highest BCUT2D eigenvalue weighted by Gasteiger charge is 2.27. The van der Waals surface area contributed by atoms with Gasteiger partial charge in [0.1, 0.15) is 11.0 Å². The largest absolute Gasteiger partial charge is 0.467 e. The van der Waals surface area contributed by atoms with Crippen molar-refractivity contribution >= 4 is 56.7 Å². The number of rotatable bonds is 4. The summed E-state index contributed by atoms with van der Waals surface area (Å²) in [5, 5.41) is 10.2. The minimum atomic E-state index is -0.970. The van der Waals surface area contributed by atoms with E-state index in [1.165, 1.54) is 44.9 Å². The van der Waals surface area contributed by atoms with Crippen molar-refractivity contribution in [3.8, 4) is 23.2 Å². The Morgan fingerprint density at radius 2 is 1.64 bits per heavy atom. The van der Waals surface area contributed by atoms with E-state index in [1.807, 2.05) is 41.3 Å². The third kappa shape index (κ3) is 7.36. The number of fused-ring (bicyclic) bond motifs is 2. The summed E-state index contributed by atoms with van der Waals surface area (Å²) in [7, 11) is 3.65. The van der Waals surface area contributed by atoms with Gasteiger partial charge in [-0.3, -0.25) is 4.79 Å². The second-order valence-electron chi connectivity index (χ2n) is 10.3. The summed E-state index contributed by atoms with van der Waals surface area (Å²) in [6, 6.07) is 13.5. The van der Waals surface area contributed by atoms with Crippen LogP contribution in [0.15, 0.2) is 55.0 Å². The second kappa shape index (κ2) is 15.1. The summed E-state index contributed by atoms with van der Waals surface area (Å²) in [5.41, 5.74) is 2.46. The van der Waals surface area contributed by atoms with E-state index in [4.69, 9.17) is 33.2 Å². The maximum Gasteiger partial charge on any atom is 0.318 e. The first-order valence-electron chi connectivity index (χ1n) is 14.2. The summed E-state index contributed by atoms with van der Waals surface area (Å²) in [4.78, 5) is 31.4. The molecule has 12 heteroatoms. The van der Waals surface area contributed by atoms with E-state index in [-0.39, 0.29) is 6.01 Å². The SMILES string of the molecule is C=C(F)C(=O)N1CCN(c2nc(OC)nc3c(Cl)c(-c4cccc5cccc(Cl)c45)cnc23)CC1.CC#N.CN1CCCC1. The van der Waals surface area contributed by atoms with Crippen LogP contribution in [0.25, 0.3) is 32.9 Å². The molecule has 0 radical (unpaired) electrons. The number of nitrogens with zero attached hydrogens (tertiary/aromatic N) is 7. The number of hydrogen-bond donors (Lipinski definition) is 0. The van der Waals surface area contributed by atoms with E-state index < -0.39 is 11.7 Å². The summed E-state index contributed by atoms with van der Waals surface area (Å²) >= 11 is 13.5. The summed E-state index contributed by atoms with van der Waals surface area (Å²) in [5.74, 6) is -1.14. The van der Waals surface area contributed by atoms with Crippen LogP contribution < -0.4 is 9.64 Å². The van der Waals surface area contributed by atoms with Gasteiger partial charge in [-0.1, -0.05) is 60.1 Å².